The van der Waals surface area contributed by atoms with E-state index in [0.29, 0.717) is 29.2 Å². The molecule has 1 fully saturated rings. The molecule has 0 aliphatic carbocycles. The number of carbonyl (C=O) groups excluding carboxylic acids is 1. The van der Waals surface area contributed by atoms with Crippen LogP contribution in [-0.2, 0) is 4.74 Å². The highest BCUT2D eigenvalue weighted by molar-refractivity contribution is 9.10. The van der Waals surface area contributed by atoms with Gasteiger partial charge in [0.1, 0.15) is 0 Å². The van der Waals surface area contributed by atoms with E-state index in [2.05, 4.69) is 26.6 Å². The number of hydrogen-bond donors (Lipinski definition) is 3. The fourth-order valence-corrected chi connectivity index (χ4v) is 2.44. The average Bonchev–Trinajstić information content (AvgIpc) is 2.88. The Morgan fingerprint density at radius 1 is 1.40 bits per heavy atom. The maximum atomic E-state index is 11.7. The Kier molecular flexibility index (Phi) is 4.97. The van der Waals surface area contributed by atoms with Gasteiger partial charge in [-0.25, -0.2) is 9.59 Å². The number of carboxylic acids is 1. The lowest BCUT2D eigenvalue weighted by Gasteiger charge is -2.11. The Labute approximate surface area is 124 Å². The van der Waals surface area contributed by atoms with Gasteiger partial charge < -0.3 is 20.5 Å². The largest absolute Gasteiger partial charge is 0.478 e. The van der Waals surface area contributed by atoms with Gasteiger partial charge in [0, 0.05) is 29.2 Å². The molecule has 0 radical (unpaired) electrons. The zero-order valence-corrected chi connectivity index (χ0v) is 12.3. The Morgan fingerprint density at radius 3 is 2.85 bits per heavy atom. The molecule has 0 aromatic heterocycles. The number of nitrogens with one attached hydrogen (secondary N) is 2. The van der Waals surface area contributed by atoms with Crippen LogP contribution in [0.2, 0.25) is 0 Å². The number of carbonyl (C=O) groups is 2. The lowest BCUT2D eigenvalue weighted by molar-refractivity contribution is 0.0697. The number of halogens is 1. The van der Waals surface area contributed by atoms with Crippen molar-refractivity contribution in [3.63, 3.8) is 0 Å². The number of amides is 2. The van der Waals surface area contributed by atoms with Crippen LogP contribution in [0.5, 0.6) is 0 Å². The van der Waals surface area contributed by atoms with Crippen LogP contribution in [0, 0.1) is 5.92 Å². The third kappa shape index (κ3) is 4.21. The predicted molar refractivity (Wildman–Crippen MR) is 77.0 cm³/mol. The number of carboxylic acid groups (broad SMARTS) is 1. The van der Waals surface area contributed by atoms with Gasteiger partial charge in [-0.05, 0) is 24.6 Å². The van der Waals surface area contributed by atoms with Gasteiger partial charge in [0.25, 0.3) is 0 Å². The Hall–Kier alpha value is -1.60. The summed E-state index contributed by atoms with van der Waals surface area (Å²) in [6.45, 7) is 1.95. The molecular formula is C13H15BrN2O4. The van der Waals surface area contributed by atoms with Crippen molar-refractivity contribution in [3.8, 4) is 0 Å². The number of ether oxygens (including phenoxy) is 1. The van der Waals surface area contributed by atoms with Crippen LogP contribution >= 0.6 is 15.9 Å². The molecule has 1 aromatic carbocycles. The molecule has 1 aliphatic heterocycles. The molecule has 0 saturated carbocycles. The highest BCUT2D eigenvalue weighted by atomic mass is 79.9. The van der Waals surface area contributed by atoms with Crippen LogP contribution in [0.25, 0.3) is 0 Å². The summed E-state index contributed by atoms with van der Waals surface area (Å²) in [5.74, 6) is -0.698. The fraction of sp³-hybridized carbons (Fsp3) is 0.385. The van der Waals surface area contributed by atoms with E-state index in [9.17, 15) is 9.59 Å². The molecule has 0 spiro atoms. The van der Waals surface area contributed by atoms with Gasteiger partial charge in [0.15, 0.2) is 0 Å². The zero-order chi connectivity index (χ0) is 14.5. The van der Waals surface area contributed by atoms with Crippen molar-refractivity contribution in [3.05, 3.63) is 28.2 Å². The van der Waals surface area contributed by atoms with E-state index >= 15 is 0 Å². The van der Waals surface area contributed by atoms with E-state index in [1.807, 2.05) is 0 Å². The minimum atomic E-state index is -1.04. The van der Waals surface area contributed by atoms with Crippen LogP contribution in [0.1, 0.15) is 16.8 Å². The third-order valence-electron chi connectivity index (χ3n) is 2.98. The highest BCUT2D eigenvalue weighted by Gasteiger charge is 2.16. The van der Waals surface area contributed by atoms with Gasteiger partial charge in [-0.2, -0.15) is 0 Å². The zero-order valence-electron chi connectivity index (χ0n) is 10.7. The molecule has 108 valence electrons. The second-order valence-electron chi connectivity index (χ2n) is 4.60. The number of aromatic carboxylic acids is 1. The first kappa shape index (κ1) is 14.8. The van der Waals surface area contributed by atoms with Crippen molar-refractivity contribution < 1.29 is 19.4 Å². The molecule has 1 saturated heterocycles. The van der Waals surface area contributed by atoms with E-state index in [1.165, 1.54) is 12.1 Å². The van der Waals surface area contributed by atoms with Gasteiger partial charge in [-0.1, -0.05) is 15.9 Å². The number of urea groups is 1. The minimum absolute atomic E-state index is 0.110. The molecule has 6 nitrogen and oxygen atoms in total. The summed E-state index contributed by atoms with van der Waals surface area (Å²) in [4.78, 5) is 22.7. The maximum Gasteiger partial charge on any atom is 0.335 e. The van der Waals surface area contributed by atoms with Gasteiger partial charge in [0.2, 0.25) is 0 Å². The second kappa shape index (κ2) is 6.71. The van der Waals surface area contributed by atoms with E-state index in [1.54, 1.807) is 6.07 Å². The molecule has 20 heavy (non-hydrogen) atoms. The lowest BCUT2D eigenvalue weighted by Crippen LogP contribution is -2.33. The van der Waals surface area contributed by atoms with Crippen molar-refractivity contribution in [2.75, 3.05) is 25.1 Å². The Morgan fingerprint density at radius 2 is 2.20 bits per heavy atom. The second-order valence-corrected chi connectivity index (χ2v) is 5.51. The van der Waals surface area contributed by atoms with Crippen molar-refractivity contribution in [1.29, 1.82) is 0 Å². The van der Waals surface area contributed by atoms with Gasteiger partial charge >= 0.3 is 12.0 Å². The highest BCUT2D eigenvalue weighted by Crippen LogP contribution is 2.19. The smallest absolute Gasteiger partial charge is 0.335 e. The summed E-state index contributed by atoms with van der Waals surface area (Å²) in [5.41, 5.74) is 0.538. The lowest BCUT2D eigenvalue weighted by atomic mass is 10.1. The van der Waals surface area contributed by atoms with Crippen molar-refractivity contribution in [2.24, 2.45) is 5.92 Å². The summed E-state index contributed by atoms with van der Waals surface area (Å²) in [5, 5.41) is 14.3. The summed E-state index contributed by atoms with van der Waals surface area (Å²) < 4.78 is 5.82. The van der Waals surface area contributed by atoms with E-state index in [4.69, 9.17) is 9.84 Å². The Bertz CT molecular complexity index is 515. The standard InChI is InChI=1S/C13H15BrN2O4/c14-10-3-9(12(17)18)4-11(5-10)16-13(19)15-6-8-1-2-20-7-8/h3-5,8H,1-2,6-7H2,(H,17,18)(H2,15,16,19). The summed E-state index contributed by atoms with van der Waals surface area (Å²) in [6, 6.07) is 4.17. The minimum Gasteiger partial charge on any atom is -0.478 e. The number of anilines is 1. The molecule has 1 aromatic rings. The van der Waals surface area contributed by atoms with E-state index in [-0.39, 0.29) is 11.6 Å². The first-order valence-corrected chi connectivity index (χ1v) is 7.00. The topological polar surface area (TPSA) is 87.7 Å². The van der Waals surface area contributed by atoms with Crippen LogP contribution in [0.4, 0.5) is 10.5 Å². The summed E-state index contributed by atoms with van der Waals surface area (Å²) in [7, 11) is 0. The number of hydrogen-bond acceptors (Lipinski definition) is 3. The van der Waals surface area contributed by atoms with Gasteiger partial charge in [-0.3, -0.25) is 0 Å². The molecule has 3 N–H and O–H groups in total. The molecule has 1 heterocycles. The summed E-state index contributed by atoms with van der Waals surface area (Å²) in [6.07, 6.45) is 0.945. The van der Waals surface area contributed by atoms with E-state index in [0.717, 1.165) is 13.0 Å². The molecule has 1 atom stereocenters. The first-order valence-electron chi connectivity index (χ1n) is 6.21. The first-order chi connectivity index (χ1) is 9.54. The van der Waals surface area contributed by atoms with Crippen molar-refractivity contribution in [1.82, 2.24) is 5.32 Å². The van der Waals surface area contributed by atoms with Gasteiger partial charge in [-0.15, -0.1) is 0 Å². The van der Waals surface area contributed by atoms with Crippen LogP contribution in [0.15, 0.2) is 22.7 Å². The van der Waals surface area contributed by atoms with Crippen molar-refractivity contribution in [2.45, 2.75) is 6.42 Å². The average molecular weight is 343 g/mol. The molecule has 2 amide bonds. The molecule has 0 bridgehead atoms. The molecular weight excluding hydrogens is 328 g/mol. The molecule has 7 heteroatoms. The number of benzene rings is 1. The molecule has 2 rings (SSSR count). The maximum absolute atomic E-state index is 11.7. The van der Waals surface area contributed by atoms with Crippen LogP contribution in [-0.4, -0.2) is 36.9 Å². The van der Waals surface area contributed by atoms with Crippen molar-refractivity contribution >= 4 is 33.6 Å². The van der Waals surface area contributed by atoms with E-state index < -0.39 is 5.97 Å². The summed E-state index contributed by atoms with van der Waals surface area (Å²) >= 11 is 3.21. The van der Waals surface area contributed by atoms with Gasteiger partial charge in [0.05, 0.1) is 12.2 Å². The molecule has 1 aliphatic rings. The Balaban J connectivity index is 1.91. The number of rotatable bonds is 4. The van der Waals surface area contributed by atoms with Crippen LogP contribution in [0.3, 0.4) is 0 Å². The third-order valence-corrected chi connectivity index (χ3v) is 3.44. The quantitative estimate of drug-likeness (QED) is 0.783. The monoisotopic (exact) mass is 342 g/mol. The fourth-order valence-electron chi connectivity index (χ4n) is 1.94. The molecule has 1 unspecified atom stereocenters. The van der Waals surface area contributed by atoms with Crippen LogP contribution < -0.4 is 10.6 Å². The SMILES string of the molecule is O=C(NCC1CCOC1)Nc1cc(Br)cc(C(=O)O)c1. The predicted octanol–water partition coefficient (Wildman–Crippen LogP) is 2.31. The normalized spacial score (nSPS) is 17.8.